The zero-order valence-corrected chi connectivity index (χ0v) is 18.4. The number of ketones is 1. The van der Waals surface area contributed by atoms with Gasteiger partial charge in [0, 0.05) is 28.7 Å². The minimum Gasteiger partial charge on any atom is -0.507 e. The summed E-state index contributed by atoms with van der Waals surface area (Å²) >= 11 is 18.3. The maximum Gasteiger partial charge on any atom is 0.300 e. The molecule has 1 aliphatic rings. The number of hydrogen-bond acceptors (Lipinski definition) is 4. The first-order valence-corrected chi connectivity index (χ1v) is 10.4. The Balaban J connectivity index is 1.98. The number of hydrogen-bond donors (Lipinski definition) is 1. The Hall–Kier alpha value is -2.86. The summed E-state index contributed by atoms with van der Waals surface area (Å²) in [5.74, 6) is -1.93. The molecule has 4 rings (SSSR count). The van der Waals surface area contributed by atoms with Gasteiger partial charge in [-0.15, -0.1) is 0 Å². The molecule has 0 spiro atoms. The normalized spacial score (nSPS) is 17.9. The van der Waals surface area contributed by atoms with Gasteiger partial charge in [0.1, 0.15) is 5.76 Å². The summed E-state index contributed by atoms with van der Waals surface area (Å²) < 4.78 is 0. The third-order valence-corrected chi connectivity index (χ3v) is 6.06. The molecule has 2 heterocycles. The molecule has 1 amide bonds. The van der Waals surface area contributed by atoms with Crippen LogP contribution < -0.4 is 4.90 Å². The first kappa shape index (κ1) is 21.4. The summed E-state index contributed by atoms with van der Waals surface area (Å²) in [4.78, 5) is 31.6. The standard InChI is InChI=1S/C23H15Cl3N2O3/c1-12-2-4-15(24)11-18(12)28-20(13-6-8-27-9-7-13)19(22(30)23(28)31)21(29)14-3-5-16(25)17(26)10-14/h2-11,20,29H,1H3/b21-19+. The Kier molecular flexibility index (Phi) is 5.75. The number of nitrogens with zero attached hydrogens (tertiary/aromatic N) is 2. The molecule has 0 radical (unpaired) electrons. The van der Waals surface area contributed by atoms with Crippen molar-refractivity contribution in [2.24, 2.45) is 0 Å². The number of carbonyl (C=O) groups excluding carboxylic acids is 2. The summed E-state index contributed by atoms with van der Waals surface area (Å²) in [5, 5.41) is 12.0. The smallest absolute Gasteiger partial charge is 0.300 e. The highest BCUT2D eigenvalue weighted by Crippen LogP contribution is 2.43. The molecule has 1 aromatic heterocycles. The Bertz CT molecular complexity index is 1240. The van der Waals surface area contributed by atoms with Crippen LogP contribution in [0.3, 0.4) is 0 Å². The molecule has 1 saturated heterocycles. The SMILES string of the molecule is Cc1ccc(Cl)cc1N1C(=O)C(=O)/C(=C(/O)c2ccc(Cl)c(Cl)c2)C1c1ccncc1. The van der Waals surface area contributed by atoms with Gasteiger partial charge in [0.25, 0.3) is 11.7 Å². The average molecular weight is 474 g/mol. The molecule has 8 heteroatoms. The molecule has 1 atom stereocenters. The molecule has 2 aromatic carbocycles. The van der Waals surface area contributed by atoms with Crippen LogP contribution in [0.1, 0.15) is 22.7 Å². The molecule has 1 N–H and O–H groups in total. The number of halogens is 3. The third-order valence-electron chi connectivity index (χ3n) is 5.09. The van der Waals surface area contributed by atoms with Crippen LogP contribution in [-0.4, -0.2) is 21.8 Å². The second kappa shape index (κ2) is 8.35. The maximum atomic E-state index is 13.1. The van der Waals surface area contributed by atoms with E-state index in [0.717, 1.165) is 5.56 Å². The van der Waals surface area contributed by atoms with E-state index in [-0.39, 0.29) is 21.9 Å². The molecule has 31 heavy (non-hydrogen) atoms. The van der Waals surface area contributed by atoms with Gasteiger partial charge in [0.15, 0.2) is 0 Å². The molecule has 1 aliphatic heterocycles. The number of Topliss-reactive ketones (excluding diaryl/α,β-unsaturated/α-hetero) is 1. The van der Waals surface area contributed by atoms with E-state index in [9.17, 15) is 14.7 Å². The van der Waals surface area contributed by atoms with Crippen LogP contribution in [-0.2, 0) is 9.59 Å². The van der Waals surface area contributed by atoms with Crippen molar-refractivity contribution >= 4 is 57.9 Å². The number of aliphatic hydroxyl groups excluding tert-OH is 1. The van der Waals surface area contributed by atoms with Crippen molar-refractivity contribution in [3.63, 3.8) is 0 Å². The molecule has 1 unspecified atom stereocenters. The van der Waals surface area contributed by atoms with Crippen molar-refractivity contribution in [3.05, 3.63) is 98.3 Å². The topological polar surface area (TPSA) is 70.5 Å². The molecule has 0 aliphatic carbocycles. The highest BCUT2D eigenvalue weighted by molar-refractivity contribution is 6.52. The van der Waals surface area contributed by atoms with E-state index < -0.39 is 17.7 Å². The van der Waals surface area contributed by atoms with E-state index in [2.05, 4.69) is 4.98 Å². The first-order chi connectivity index (χ1) is 14.8. The number of aliphatic hydroxyl groups is 1. The van der Waals surface area contributed by atoms with Crippen molar-refractivity contribution in [1.82, 2.24) is 4.98 Å². The lowest BCUT2D eigenvalue weighted by atomic mass is 9.95. The van der Waals surface area contributed by atoms with Crippen LogP contribution >= 0.6 is 34.8 Å². The van der Waals surface area contributed by atoms with Gasteiger partial charge >= 0.3 is 0 Å². The molecule has 1 fully saturated rings. The largest absolute Gasteiger partial charge is 0.507 e. The van der Waals surface area contributed by atoms with Gasteiger partial charge < -0.3 is 5.11 Å². The van der Waals surface area contributed by atoms with Gasteiger partial charge in [-0.3, -0.25) is 19.5 Å². The third kappa shape index (κ3) is 3.81. The Morgan fingerprint density at radius 1 is 0.968 bits per heavy atom. The lowest BCUT2D eigenvalue weighted by molar-refractivity contribution is -0.132. The zero-order chi connectivity index (χ0) is 22.3. The van der Waals surface area contributed by atoms with Gasteiger partial charge in [-0.05, 0) is 60.5 Å². The van der Waals surface area contributed by atoms with Crippen LogP contribution in [0.15, 0.2) is 66.5 Å². The fraction of sp³-hybridized carbons (Fsp3) is 0.0870. The van der Waals surface area contributed by atoms with Crippen molar-refractivity contribution in [2.75, 3.05) is 4.90 Å². The monoisotopic (exact) mass is 472 g/mol. The van der Waals surface area contributed by atoms with Gasteiger partial charge in [0.05, 0.1) is 21.7 Å². The van der Waals surface area contributed by atoms with Crippen molar-refractivity contribution in [2.45, 2.75) is 13.0 Å². The molecule has 0 saturated carbocycles. The summed E-state index contributed by atoms with van der Waals surface area (Å²) in [6.45, 7) is 1.81. The molecular weight excluding hydrogens is 459 g/mol. The van der Waals surface area contributed by atoms with Crippen LogP contribution in [0.5, 0.6) is 0 Å². The number of benzene rings is 2. The number of carbonyl (C=O) groups is 2. The van der Waals surface area contributed by atoms with Gasteiger partial charge in [-0.1, -0.05) is 40.9 Å². The molecule has 5 nitrogen and oxygen atoms in total. The second-order valence-corrected chi connectivity index (χ2v) is 8.26. The Morgan fingerprint density at radius 2 is 1.68 bits per heavy atom. The van der Waals surface area contributed by atoms with Crippen molar-refractivity contribution in [1.29, 1.82) is 0 Å². The molecular formula is C23H15Cl3N2O3. The first-order valence-electron chi connectivity index (χ1n) is 9.22. The molecule has 0 bridgehead atoms. The predicted molar refractivity (Wildman–Crippen MR) is 122 cm³/mol. The summed E-state index contributed by atoms with van der Waals surface area (Å²) in [5.41, 5.74) is 2.04. The van der Waals surface area contributed by atoms with Gasteiger partial charge in [-0.25, -0.2) is 0 Å². The quantitative estimate of drug-likeness (QED) is 0.289. The average Bonchev–Trinajstić information content (AvgIpc) is 3.02. The number of amides is 1. The van der Waals surface area contributed by atoms with Crippen molar-refractivity contribution < 1.29 is 14.7 Å². The van der Waals surface area contributed by atoms with Crippen molar-refractivity contribution in [3.8, 4) is 0 Å². The van der Waals surface area contributed by atoms with E-state index in [1.54, 1.807) is 42.7 Å². The fourth-order valence-corrected chi connectivity index (χ4v) is 4.05. The number of pyridine rings is 1. The summed E-state index contributed by atoms with van der Waals surface area (Å²) in [7, 11) is 0. The van der Waals surface area contributed by atoms with E-state index in [4.69, 9.17) is 34.8 Å². The lowest BCUT2D eigenvalue weighted by Crippen LogP contribution is -2.30. The Labute approximate surface area is 193 Å². The van der Waals surface area contributed by atoms with E-state index in [1.807, 2.05) is 6.92 Å². The maximum absolute atomic E-state index is 13.1. The molecule has 156 valence electrons. The lowest BCUT2D eigenvalue weighted by Gasteiger charge is -2.26. The van der Waals surface area contributed by atoms with Gasteiger partial charge in [0.2, 0.25) is 0 Å². The number of aromatic nitrogens is 1. The van der Waals surface area contributed by atoms with Crippen LogP contribution in [0, 0.1) is 6.92 Å². The zero-order valence-electron chi connectivity index (χ0n) is 16.1. The van der Waals surface area contributed by atoms with Crippen LogP contribution in [0.4, 0.5) is 5.69 Å². The minimum absolute atomic E-state index is 0.0611. The number of rotatable bonds is 3. The highest BCUT2D eigenvalue weighted by Gasteiger charge is 2.47. The second-order valence-electron chi connectivity index (χ2n) is 7.01. The predicted octanol–water partition coefficient (Wildman–Crippen LogP) is 5.98. The van der Waals surface area contributed by atoms with Crippen LogP contribution in [0.25, 0.3) is 5.76 Å². The Morgan fingerprint density at radius 3 is 2.35 bits per heavy atom. The van der Waals surface area contributed by atoms with Crippen LogP contribution in [0.2, 0.25) is 15.1 Å². The molecule has 3 aromatic rings. The van der Waals surface area contributed by atoms with E-state index >= 15 is 0 Å². The minimum atomic E-state index is -0.880. The highest BCUT2D eigenvalue weighted by atomic mass is 35.5. The summed E-state index contributed by atoms with van der Waals surface area (Å²) in [6.07, 6.45) is 3.11. The van der Waals surface area contributed by atoms with E-state index in [0.29, 0.717) is 21.3 Å². The number of aryl methyl sites for hydroxylation is 1. The van der Waals surface area contributed by atoms with Gasteiger partial charge in [-0.2, -0.15) is 0 Å². The summed E-state index contributed by atoms with van der Waals surface area (Å²) in [6, 6.07) is 12.1. The van der Waals surface area contributed by atoms with E-state index in [1.165, 1.54) is 23.1 Å². The fourth-order valence-electron chi connectivity index (χ4n) is 3.58. The number of anilines is 1.